The Morgan fingerprint density at radius 1 is 0.432 bits per heavy atom. The van der Waals surface area contributed by atoms with E-state index in [1.54, 1.807) is 57.7 Å². The third-order valence-corrected chi connectivity index (χ3v) is 14.3. The molecule has 0 aliphatic carbocycles. The molecule has 0 N–H and O–H groups in total. The Balaban J connectivity index is 1.04. The summed E-state index contributed by atoms with van der Waals surface area (Å²) in [6.45, 7) is 6.46. The summed E-state index contributed by atoms with van der Waals surface area (Å²) in [4.78, 5) is 4.86. The van der Waals surface area contributed by atoms with Crippen molar-refractivity contribution in [2.45, 2.75) is 26.2 Å². The number of rotatable bonds is 11. The Kier molecular flexibility index (Phi) is 8.06. The first-order chi connectivity index (χ1) is 48.0. The lowest BCUT2D eigenvalue weighted by Crippen LogP contribution is -2.31. The first kappa shape index (κ1) is 31.9. The third-order valence-electron chi connectivity index (χ3n) is 14.3. The molecule has 0 unspecified atom stereocenters. The predicted molar refractivity (Wildman–Crippen MR) is 334 cm³/mol. The molecule has 3 heterocycles. The number of pyridine rings is 1. The predicted octanol–water partition coefficient (Wildman–Crippen LogP) is 19.3. The Morgan fingerprint density at radius 3 is 1.49 bits per heavy atom. The van der Waals surface area contributed by atoms with Crippen LogP contribution in [0.25, 0.3) is 117 Å². The molecule has 386 valence electrons. The normalized spacial score (nSPS) is 15.1. The lowest BCUT2D eigenvalue weighted by Gasteiger charge is -2.20. The lowest BCUT2D eigenvalue weighted by molar-refractivity contribution is -0.571. The number of aromatic nitrogens is 4. The van der Waals surface area contributed by atoms with E-state index in [0.29, 0.717) is 28.2 Å². The van der Waals surface area contributed by atoms with Gasteiger partial charge in [-0.15, -0.1) is 0 Å². The molecule has 5 nitrogen and oxygen atoms in total. The first-order valence-electron chi connectivity index (χ1n) is 36.0. The molecule has 0 aliphatic heterocycles. The second-order valence-corrected chi connectivity index (χ2v) is 20.3. The molecule has 11 aromatic carbocycles. The average molecular weight is 1060 g/mol. The van der Waals surface area contributed by atoms with Crippen molar-refractivity contribution in [2.75, 3.05) is 0 Å². The average Bonchev–Trinajstić information content (AvgIpc) is 1.74. The molecule has 14 rings (SSSR count). The summed E-state index contributed by atoms with van der Waals surface area (Å²) in [5, 5.41) is 2.01. The Hall–Kier alpha value is -10.4. The summed E-state index contributed by atoms with van der Waals surface area (Å²) in [5.74, 6) is 1.69. The number of fused-ring (bicyclic) bond motifs is 4. The van der Waals surface area contributed by atoms with E-state index in [-0.39, 0.29) is 77.9 Å². The van der Waals surface area contributed by atoms with Crippen molar-refractivity contribution < 1.29 is 36.7 Å². The first-order valence-corrected chi connectivity index (χ1v) is 26.0. The molecule has 0 radical (unpaired) electrons. The number of ether oxygens (including phenoxy) is 1. The highest BCUT2D eigenvalue weighted by atomic mass is 16.5. The fourth-order valence-corrected chi connectivity index (χ4v) is 10.5. The Morgan fingerprint density at radius 2 is 0.926 bits per heavy atom. The number of imidazole rings is 1. The molecule has 0 atom stereocenters. The van der Waals surface area contributed by atoms with Crippen LogP contribution < -0.4 is 9.30 Å². The number of hydrogen-bond acceptors (Lipinski definition) is 2. The van der Waals surface area contributed by atoms with Crippen LogP contribution in [0.5, 0.6) is 11.5 Å². The van der Waals surface area contributed by atoms with Crippen LogP contribution in [-0.4, -0.2) is 14.1 Å². The maximum atomic E-state index is 9.24. The molecule has 0 bridgehead atoms. The topological polar surface area (TPSA) is 35.9 Å². The fourth-order valence-electron chi connectivity index (χ4n) is 10.5. The molecule has 0 spiro atoms. The molecule has 0 fully saturated rings. The van der Waals surface area contributed by atoms with Gasteiger partial charge in [0.15, 0.2) is 0 Å². The summed E-state index contributed by atoms with van der Waals surface area (Å²) in [6, 6.07) is 34.0. The van der Waals surface area contributed by atoms with Gasteiger partial charge in [-0.05, 0) is 163 Å². The maximum absolute atomic E-state index is 9.24. The molecular weight excluding hydrogens is 985 g/mol. The van der Waals surface area contributed by atoms with Crippen molar-refractivity contribution >= 4 is 32.8 Å². The highest BCUT2D eigenvalue weighted by Crippen LogP contribution is 2.42. The van der Waals surface area contributed by atoms with E-state index in [4.69, 9.17) is 26.2 Å². The van der Waals surface area contributed by atoms with E-state index < -0.39 is 121 Å². The molecule has 14 aromatic rings. The number of benzene rings is 11. The van der Waals surface area contributed by atoms with Gasteiger partial charge in [0.1, 0.15) is 17.3 Å². The van der Waals surface area contributed by atoms with Crippen molar-refractivity contribution in [1.82, 2.24) is 14.1 Å². The number of hydrogen-bond donors (Lipinski definition) is 0. The van der Waals surface area contributed by atoms with Crippen molar-refractivity contribution in [2.24, 2.45) is 0 Å². The van der Waals surface area contributed by atoms with Gasteiger partial charge in [-0.1, -0.05) is 208 Å². The zero-order valence-corrected chi connectivity index (χ0v) is 43.8. The van der Waals surface area contributed by atoms with Gasteiger partial charge < -0.3 is 4.74 Å². The van der Waals surface area contributed by atoms with Crippen molar-refractivity contribution in [1.29, 1.82) is 0 Å². The van der Waals surface area contributed by atoms with E-state index in [0.717, 1.165) is 33.2 Å². The Labute approximate surface area is 500 Å². The molecule has 0 saturated heterocycles. The van der Waals surface area contributed by atoms with Crippen LogP contribution in [0, 0.1) is 6.33 Å². The molecular formula is C76H56N4O. The van der Waals surface area contributed by atoms with Gasteiger partial charge >= 0.3 is 0 Å². The summed E-state index contributed by atoms with van der Waals surface area (Å²) in [7, 11) is 0. The fraction of sp³-hybridized carbons (Fsp3) is 0.0526. The van der Waals surface area contributed by atoms with Gasteiger partial charge in [0.25, 0.3) is 6.33 Å². The van der Waals surface area contributed by atoms with Crippen molar-refractivity contribution in [3.63, 3.8) is 0 Å². The number of nitrogens with zero attached hydrogens (tertiary/aromatic N) is 4. The van der Waals surface area contributed by atoms with Crippen LogP contribution in [0.2, 0.25) is 0 Å². The summed E-state index contributed by atoms with van der Waals surface area (Å²) < 4.78 is 191. The highest BCUT2D eigenvalue weighted by Gasteiger charge is 2.23. The standard InChI is InChI=1S/C76H56N4O/c1-76(2,3)62-40-41-77-74(48-62)80-70-35-17-16-32-68(70)69-39-38-65(50-73(69)80)81-64-31-20-30-63(49-64)78-51-79(72-37-19-18-36-71(72)78)75-66(60-44-56(52-22-8-4-9-23-52)42-57(45-60)53-24-10-5-11-25-53)33-21-34-67(75)61-46-58(54-26-12-6-13-27-54)43-59(47-61)55-28-14-7-15-29-55/h4-50H,1-3H3/i4D,5D,6D,7D,8D,9D,10D,11D,12D,13D,14D,15D,22D,23D,24D,25D,26D,27D,28D,29D. The van der Waals surface area contributed by atoms with Crippen molar-refractivity contribution in [3.8, 4) is 95.5 Å². The quantitative estimate of drug-likeness (QED) is 0.0956. The minimum atomic E-state index is -0.674. The van der Waals surface area contributed by atoms with Crippen LogP contribution in [0.15, 0.2) is 285 Å². The minimum absolute atomic E-state index is 0.00966. The highest BCUT2D eigenvalue weighted by molar-refractivity contribution is 6.09. The zero-order valence-electron chi connectivity index (χ0n) is 63.8. The molecule has 81 heavy (non-hydrogen) atoms. The van der Waals surface area contributed by atoms with Gasteiger partial charge in [0.2, 0.25) is 0 Å². The molecule has 0 saturated carbocycles. The summed E-state index contributed by atoms with van der Waals surface area (Å²) in [5.41, 5.74) is 4.43. The van der Waals surface area contributed by atoms with Crippen LogP contribution in [0.3, 0.4) is 0 Å². The van der Waals surface area contributed by atoms with Gasteiger partial charge in [0.05, 0.1) is 60.9 Å². The Bertz CT molecular complexity index is 5400. The van der Waals surface area contributed by atoms with Gasteiger partial charge in [-0.2, -0.15) is 0 Å². The zero-order chi connectivity index (χ0) is 71.8. The van der Waals surface area contributed by atoms with E-state index in [1.165, 1.54) is 12.1 Å². The van der Waals surface area contributed by atoms with Crippen LogP contribution >= 0.6 is 0 Å². The third kappa shape index (κ3) is 9.35. The smallest absolute Gasteiger partial charge is 0.269 e. The van der Waals surface area contributed by atoms with E-state index in [2.05, 4.69) is 49.9 Å². The van der Waals surface area contributed by atoms with E-state index >= 15 is 0 Å². The minimum Gasteiger partial charge on any atom is -0.458 e. The van der Waals surface area contributed by atoms with Gasteiger partial charge in [-0.3, -0.25) is 13.7 Å². The maximum Gasteiger partial charge on any atom is 0.269 e. The SMILES string of the molecule is [2H]c1c([2H])c([2H])c(-c2cc(-c3cccc(-c4cc(-c5c([2H])c([2H])c([2H])c([2H])c5[2H])cc(-c5c([2H])c([2H])c([2H])c([2H])c5[2H])c4)c3-[n+]3[c-]n(-c4cccc(Oc5ccc6c7ccccc7n(-c7cc(C(C)(C)C)ccn7)c6c5)c4)c4ccccc43)cc(-c3c([2H])c([2H])c([2H])c([2H])c3[2H])c2)c([2H])c1[2H]. The second-order valence-electron chi connectivity index (χ2n) is 20.3. The largest absolute Gasteiger partial charge is 0.458 e. The summed E-state index contributed by atoms with van der Waals surface area (Å²) >= 11 is 0. The molecule has 0 aliphatic rings. The molecule has 5 heteroatoms. The second kappa shape index (κ2) is 20.5. The van der Waals surface area contributed by atoms with E-state index in [1.807, 2.05) is 85.1 Å². The van der Waals surface area contributed by atoms with Crippen LogP contribution in [0.4, 0.5) is 0 Å². The van der Waals surface area contributed by atoms with Gasteiger partial charge in [0, 0.05) is 23.0 Å². The van der Waals surface area contributed by atoms with E-state index in [9.17, 15) is 11.0 Å². The number of para-hydroxylation sites is 4. The van der Waals surface area contributed by atoms with Crippen molar-refractivity contribution in [3.05, 3.63) is 297 Å². The van der Waals surface area contributed by atoms with Gasteiger partial charge in [-0.25, -0.2) is 4.98 Å². The molecule has 3 aromatic heterocycles. The lowest BCUT2D eigenvalue weighted by atomic mass is 9.88. The summed E-state index contributed by atoms with van der Waals surface area (Å²) in [6.07, 6.45) is 5.42. The molecule has 0 amide bonds. The van der Waals surface area contributed by atoms with Crippen LogP contribution in [-0.2, 0) is 5.41 Å². The van der Waals surface area contributed by atoms with Crippen LogP contribution in [0.1, 0.15) is 53.7 Å². The monoisotopic (exact) mass is 1060 g/mol.